The molecule has 1 aromatic rings. The first-order valence-corrected chi connectivity index (χ1v) is 18.3. The number of ketones is 1. The van der Waals surface area contributed by atoms with E-state index in [0.29, 0.717) is 13.0 Å². The van der Waals surface area contributed by atoms with Crippen molar-refractivity contribution in [1.29, 1.82) is 0 Å². The Balaban J connectivity index is 2.27. The number of likely N-dealkylation sites (N-methyl/N-ethyl adjacent to an activating group) is 1. The summed E-state index contributed by atoms with van der Waals surface area (Å²) in [5.41, 5.74) is 5.89. The normalized spacial score (nSPS) is 19.0. The van der Waals surface area contributed by atoms with Crippen molar-refractivity contribution in [3.63, 3.8) is 0 Å². The van der Waals surface area contributed by atoms with Crippen molar-refractivity contribution in [2.45, 2.75) is 123 Å². The van der Waals surface area contributed by atoms with Gasteiger partial charge in [0.25, 0.3) is 0 Å². The standard InChI is InChI=1S/C39H64N4O8/c1-12-25(4)34(42(8)37(47)28(24(2)3)22-32(44)39(6,7)40)31(49-9)23-33(45)43-20-16-19-30(43)35(50-10)26(5)36(46)41-29(38(48)51-11)21-27-17-14-13-15-18-27/h13-15,17-18,24-26,28-31,34-35H,12,16,19-23,40H2,1-11H3,(H,41,46)/t25-,26+,28-,29-,30-,31+,34-,35+/m0/s1. The number of rotatable bonds is 20. The number of nitrogens with two attached hydrogens (primary N) is 1. The Hall–Kier alpha value is -3.35. The molecular formula is C39H64N4O8. The highest BCUT2D eigenvalue weighted by Gasteiger charge is 2.43. The van der Waals surface area contributed by atoms with Gasteiger partial charge in [0, 0.05) is 46.6 Å². The monoisotopic (exact) mass is 716 g/mol. The Morgan fingerprint density at radius 3 is 2.14 bits per heavy atom. The minimum atomic E-state index is -1.06. The highest BCUT2D eigenvalue weighted by atomic mass is 16.5. The molecule has 3 amide bonds. The second-order valence-electron chi connectivity index (χ2n) is 15.1. The summed E-state index contributed by atoms with van der Waals surface area (Å²) in [5, 5.41) is 2.85. The SMILES string of the molecule is CC[C@H](C)[C@@H]([C@@H](CC(=O)N1CCC[C@H]1[C@H](OC)[C@@H](C)C(=O)N[C@@H](Cc1ccccc1)C(=O)OC)OC)N(C)C(=O)[C@@H](CC(=O)C(C)(C)N)C(C)C. The molecular weight excluding hydrogens is 652 g/mol. The first-order chi connectivity index (χ1) is 23.9. The summed E-state index contributed by atoms with van der Waals surface area (Å²) in [5.74, 6) is -2.86. The van der Waals surface area contributed by atoms with Crippen LogP contribution >= 0.6 is 0 Å². The number of methoxy groups -OCH3 is 3. The summed E-state index contributed by atoms with van der Waals surface area (Å²) in [6, 6.07) is 7.65. The molecule has 51 heavy (non-hydrogen) atoms. The average molecular weight is 717 g/mol. The van der Waals surface area contributed by atoms with Crippen LogP contribution in [0.25, 0.3) is 0 Å². The molecule has 0 aromatic heterocycles. The number of hydrogen-bond donors (Lipinski definition) is 2. The van der Waals surface area contributed by atoms with E-state index in [-0.39, 0.29) is 60.6 Å². The number of hydrogen-bond acceptors (Lipinski definition) is 9. The minimum Gasteiger partial charge on any atom is -0.467 e. The van der Waals surface area contributed by atoms with E-state index in [9.17, 15) is 24.0 Å². The number of amides is 3. The third-order valence-corrected chi connectivity index (χ3v) is 10.6. The number of Topliss-reactive ketones (excluding diaryl/α,β-unsaturated/α-hetero) is 1. The maximum atomic E-state index is 14.1. The van der Waals surface area contributed by atoms with Gasteiger partial charge in [0.15, 0.2) is 5.78 Å². The molecule has 288 valence electrons. The molecule has 1 saturated heterocycles. The Bertz CT molecular complexity index is 1300. The molecule has 1 heterocycles. The first-order valence-electron chi connectivity index (χ1n) is 18.3. The third kappa shape index (κ3) is 11.8. The van der Waals surface area contributed by atoms with Gasteiger partial charge in [-0.2, -0.15) is 0 Å². The zero-order chi connectivity index (χ0) is 38.6. The van der Waals surface area contributed by atoms with Gasteiger partial charge >= 0.3 is 5.97 Å². The van der Waals surface area contributed by atoms with Gasteiger partial charge in [0.2, 0.25) is 17.7 Å². The van der Waals surface area contributed by atoms with Crippen LogP contribution in [-0.4, -0.2) is 110 Å². The van der Waals surface area contributed by atoms with E-state index in [1.807, 2.05) is 58.0 Å². The van der Waals surface area contributed by atoms with Crippen LogP contribution in [0, 0.1) is 23.7 Å². The van der Waals surface area contributed by atoms with Gasteiger partial charge in [-0.25, -0.2) is 4.79 Å². The predicted octanol–water partition coefficient (Wildman–Crippen LogP) is 3.78. The zero-order valence-corrected chi connectivity index (χ0v) is 32.8. The van der Waals surface area contributed by atoms with E-state index in [4.69, 9.17) is 19.9 Å². The number of likely N-dealkylation sites (tertiary alicyclic amines) is 1. The largest absolute Gasteiger partial charge is 0.467 e. The van der Waals surface area contributed by atoms with E-state index >= 15 is 0 Å². The molecule has 0 aliphatic carbocycles. The lowest BCUT2D eigenvalue weighted by atomic mass is 9.83. The van der Waals surface area contributed by atoms with Crippen LogP contribution < -0.4 is 11.1 Å². The highest BCUT2D eigenvalue weighted by molar-refractivity contribution is 5.92. The summed E-state index contributed by atoms with van der Waals surface area (Å²) < 4.78 is 16.9. The smallest absolute Gasteiger partial charge is 0.328 e. The maximum Gasteiger partial charge on any atom is 0.328 e. The molecule has 0 spiro atoms. The molecule has 1 aliphatic rings. The van der Waals surface area contributed by atoms with Crippen LogP contribution in [0.1, 0.15) is 86.1 Å². The quantitative estimate of drug-likeness (QED) is 0.192. The van der Waals surface area contributed by atoms with Crippen molar-refractivity contribution < 1.29 is 38.2 Å². The number of nitrogens with one attached hydrogen (secondary N) is 1. The molecule has 2 rings (SSSR count). The second-order valence-corrected chi connectivity index (χ2v) is 15.1. The van der Waals surface area contributed by atoms with Crippen molar-refractivity contribution in [3.05, 3.63) is 35.9 Å². The number of carbonyl (C=O) groups is 5. The van der Waals surface area contributed by atoms with Gasteiger partial charge in [0.1, 0.15) is 6.04 Å². The van der Waals surface area contributed by atoms with Gasteiger partial charge in [-0.15, -0.1) is 0 Å². The lowest BCUT2D eigenvalue weighted by molar-refractivity contribution is -0.149. The fourth-order valence-corrected chi connectivity index (χ4v) is 7.13. The third-order valence-electron chi connectivity index (χ3n) is 10.6. The van der Waals surface area contributed by atoms with Crippen LogP contribution in [-0.2, 0) is 44.6 Å². The van der Waals surface area contributed by atoms with Crippen molar-refractivity contribution in [1.82, 2.24) is 15.1 Å². The summed E-state index contributed by atoms with van der Waals surface area (Å²) >= 11 is 0. The number of esters is 1. The van der Waals surface area contributed by atoms with Gasteiger partial charge in [-0.05, 0) is 44.1 Å². The Morgan fingerprint density at radius 2 is 1.63 bits per heavy atom. The Morgan fingerprint density at radius 1 is 1.00 bits per heavy atom. The summed E-state index contributed by atoms with van der Waals surface area (Å²) in [4.78, 5) is 70.7. The Kier molecular flexibility index (Phi) is 17.2. The molecule has 1 fully saturated rings. The predicted molar refractivity (Wildman–Crippen MR) is 196 cm³/mol. The fourth-order valence-electron chi connectivity index (χ4n) is 7.13. The van der Waals surface area contributed by atoms with E-state index in [1.54, 1.807) is 44.7 Å². The molecule has 8 atom stereocenters. The summed E-state index contributed by atoms with van der Waals surface area (Å²) in [7, 11) is 6.08. The highest BCUT2D eigenvalue weighted by Crippen LogP contribution is 2.31. The second kappa shape index (κ2) is 20.0. The number of carbonyl (C=O) groups excluding carboxylic acids is 5. The van der Waals surface area contributed by atoms with Crippen LogP contribution in [0.2, 0.25) is 0 Å². The van der Waals surface area contributed by atoms with E-state index < -0.39 is 47.6 Å². The number of benzene rings is 1. The molecule has 0 radical (unpaired) electrons. The first kappa shape index (κ1) is 43.8. The van der Waals surface area contributed by atoms with E-state index in [1.165, 1.54) is 14.2 Å². The molecule has 1 aliphatic heterocycles. The molecule has 0 unspecified atom stereocenters. The van der Waals surface area contributed by atoms with Gasteiger partial charge < -0.3 is 35.1 Å². The summed E-state index contributed by atoms with van der Waals surface area (Å²) in [6.07, 6.45) is 1.15. The van der Waals surface area contributed by atoms with Crippen LogP contribution in [0.5, 0.6) is 0 Å². The van der Waals surface area contributed by atoms with Crippen LogP contribution in [0.15, 0.2) is 30.3 Å². The lowest BCUT2D eigenvalue weighted by Crippen LogP contribution is -2.55. The van der Waals surface area contributed by atoms with Crippen LogP contribution in [0.4, 0.5) is 0 Å². The van der Waals surface area contributed by atoms with Crippen LogP contribution in [0.3, 0.4) is 0 Å². The zero-order valence-electron chi connectivity index (χ0n) is 32.8. The molecule has 0 saturated carbocycles. The number of nitrogens with zero attached hydrogens (tertiary/aromatic N) is 2. The average Bonchev–Trinajstić information content (AvgIpc) is 3.58. The molecule has 12 heteroatoms. The van der Waals surface area contributed by atoms with Crippen molar-refractivity contribution in [3.8, 4) is 0 Å². The molecule has 1 aromatic carbocycles. The van der Waals surface area contributed by atoms with Crippen molar-refractivity contribution in [2.75, 3.05) is 34.9 Å². The topological polar surface area (TPSA) is 158 Å². The molecule has 0 bridgehead atoms. The van der Waals surface area contributed by atoms with Gasteiger partial charge in [0.05, 0.1) is 49.3 Å². The van der Waals surface area contributed by atoms with Crippen molar-refractivity contribution in [2.24, 2.45) is 29.4 Å². The Labute approximate surface area is 305 Å². The fraction of sp³-hybridized carbons (Fsp3) is 0.718. The lowest BCUT2D eigenvalue weighted by Gasteiger charge is -2.41. The van der Waals surface area contributed by atoms with E-state index in [2.05, 4.69) is 5.32 Å². The van der Waals surface area contributed by atoms with E-state index in [0.717, 1.165) is 18.4 Å². The maximum absolute atomic E-state index is 14.1. The van der Waals surface area contributed by atoms with Gasteiger partial charge in [-0.3, -0.25) is 19.2 Å². The summed E-state index contributed by atoms with van der Waals surface area (Å²) in [6.45, 7) is 13.4. The molecule has 12 nitrogen and oxygen atoms in total. The van der Waals surface area contributed by atoms with Crippen molar-refractivity contribution >= 4 is 29.5 Å². The minimum absolute atomic E-state index is 0.0131. The number of ether oxygens (including phenoxy) is 3. The van der Waals surface area contributed by atoms with Gasteiger partial charge in [-0.1, -0.05) is 71.4 Å². The molecule has 3 N–H and O–H groups in total.